The molecule has 2 aromatic carbocycles. The summed E-state index contributed by atoms with van der Waals surface area (Å²) in [5, 5.41) is 5.15. The Labute approximate surface area is 160 Å². The lowest BCUT2D eigenvalue weighted by molar-refractivity contribution is 0.324. The zero-order valence-corrected chi connectivity index (χ0v) is 15.6. The highest BCUT2D eigenvalue weighted by atomic mass is 16.5. The number of aromatic nitrogens is 3. The molecule has 0 aliphatic heterocycles. The maximum atomic E-state index is 12.8. The lowest BCUT2D eigenvalue weighted by Crippen LogP contribution is -2.17. The summed E-state index contributed by atoms with van der Waals surface area (Å²) in [5.74, 6) is 1.49. The molecule has 1 N–H and O–H groups in total. The van der Waals surface area contributed by atoms with Crippen molar-refractivity contribution in [3.63, 3.8) is 0 Å². The third kappa shape index (κ3) is 2.84. The molecule has 8 nitrogen and oxygen atoms in total. The van der Waals surface area contributed by atoms with Crippen LogP contribution in [0.2, 0.25) is 0 Å². The van der Waals surface area contributed by atoms with Crippen LogP contribution < -0.4 is 19.8 Å². The fraction of sp³-hybridized carbons (Fsp3) is 0.150. The number of para-hydroxylation sites is 1. The van der Waals surface area contributed by atoms with E-state index in [1.54, 1.807) is 12.1 Å². The van der Waals surface area contributed by atoms with Crippen LogP contribution in [0.15, 0.2) is 52.6 Å². The van der Waals surface area contributed by atoms with Crippen LogP contribution in [0, 0.1) is 0 Å². The number of fused-ring (bicyclic) bond motifs is 3. The van der Waals surface area contributed by atoms with Gasteiger partial charge in [0.2, 0.25) is 5.75 Å². The fourth-order valence-electron chi connectivity index (χ4n) is 3.08. The Kier molecular flexibility index (Phi) is 4.44. The lowest BCUT2D eigenvalue weighted by atomic mass is 10.2. The van der Waals surface area contributed by atoms with E-state index < -0.39 is 0 Å². The number of nitrogens with zero attached hydrogens (tertiary/aromatic N) is 3. The van der Waals surface area contributed by atoms with E-state index in [0.29, 0.717) is 33.8 Å². The summed E-state index contributed by atoms with van der Waals surface area (Å²) in [5.41, 5.74) is 2.28. The lowest BCUT2D eigenvalue weighted by Gasteiger charge is -2.12. The predicted octanol–water partition coefficient (Wildman–Crippen LogP) is 2.79. The number of benzene rings is 2. The van der Waals surface area contributed by atoms with E-state index in [-0.39, 0.29) is 5.56 Å². The minimum absolute atomic E-state index is 0.287. The highest BCUT2D eigenvalue weighted by molar-refractivity contribution is 6.04. The molecule has 0 saturated carbocycles. The first-order chi connectivity index (χ1) is 13.7. The molecular weight excluding hydrogens is 360 g/mol. The molecule has 8 heteroatoms. The van der Waals surface area contributed by atoms with Gasteiger partial charge in [0.05, 0.1) is 27.5 Å². The van der Waals surface area contributed by atoms with Gasteiger partial charge in [-0.25, -0.2) is 4.98 Å². The molecule has 4 rings (SSSR count). The van der Waals surface area contributed by atoms with E-state index in [0.717, 1.165) is 10.9 Å². The van der Waals surface area contributed by atoms with Crippen molar-refractivity contribution in [3.8, 4) is 17.2 Å². The van der Waals surface area contributed by atoms with Crippen LogP contribution in [0.5, 0.6) is 17.2 Å². The van der Waals surface area contributed by atoms with Crippen LogP contribution in [-0.2, 0) is 0 Å². The molecule has 142 valence electrons. The number of aromatic amines is 1. The molecule has 0 spiro atoms. The van der Waals surface area contributed by atoms with E-state index in [9.17, 15) is 4.79 Å². The molecule has 2 aromatic heterocycles. The summed E-state index contributed by atoms with van der Waals surface area (Å²) in [7, 11) is 4.61. The largest absolute Gasteiger partial charge is 0.493 e. The molecule has 0 saturated heterocycles. The Bertz CT molecular complexity index is 1230. The van der Waals surface area contributed by atoms with Crippen molar-refractivity contribution >= 4 is 28.2 Å². The van der Waals surface area contributed by atoms with Gasteiger partial charge in [-0.3, -0.25) is 4.79 Å². The van der Waals surface area contributed by atoms with Gasteiger partial charge in [0.15, 0.2) is 11.5 Å². The smallest absolute Gasteiger partial charge is 0.298 e. The van der Waals surface area contributed by atoms with Gasteiger partial charge in [-0.2, -0.15) is 9.78 Å². The molecule has 0 fully saturated rings. The molecule has 0 amide bonds. The van der Waals surface area contributed by atoms with Crippen molar-refractivity contribution in [2.24, 2.45) is 5.10 Å². The Morgan fingerprint density at radius 3 is 2.46 bits per heavy atom. The maximum absolute atomic E-state index is 12.8. The SMILES string of the molecule is COc1cc(C=Nn2cnc3c([nH]c4ccccc43)c2=O)cc(OC)c1OC. The summed E-state index contributed by atoms with van der Waals surface area (Å²) < 4.78 is 17.2. The normalized spacial score (nSPS) is 11.4. The van der Waals surface area contributed by atoms with E-state index in [1.165, 1.54) is 38.5 Å². The zero-order chi connectivity index (χ0) is 19.7. The first-order valence-electron chi connectivity index (χ1n) is 8.48. The van der Waals surface area contributed by atoms with E-state index in [4.69, 9.17) is 14.2 Å². The number of hydrogen-bond acceptors (Lipinski definition) is 6. The highest BCUT2D eigenvalue weighted by Crippen LogP contribution is 2.37. The average Bonchev–Trinajstić information content (AvgIpc) is 3.12. The van der Waals surface area contributed by atoms with Crippen molar-refractivity contribution in [2.45, 2.75) is 0 Å². The Morgan fingerprint density at radius 2 is 1.79 bits per heavy atom. The van der Waals surface area contributed by atoms with E-state index >= 15 is 0 Å². The fourth-order valence-corrected chi connectivity index (χ4v) is 3.08. The molecule has 0 aliphatic rings. The second kappa shape index (κ2) is 7.07. The summed E-state index contributed by atoms with van der Waals surface area (Å²) >= 11 is 0. The third-order valence-electron chi connectivity index (χ3n) is 4.42. The highest BCUT2D eigenvalue weighted by Gasteiger charge is 2.13. The quantitative estimate of drug-likeness (QED) is 0.539. The second-order valence-electron chi connectivity index (χ2n) is 5.99. The number of rotatable bonds is 5. The number of nitrogens with one attached hydrogen (secondary N) is 1. The summed E-state index contributed by atoms with van der Waals surface area (Å²) in [4.78, 5) is 20.3. The molecule has 0 bridgehead atoms. The van der Waals surface area contributed by atoms with Crippen molar-refractivity contribution in [1.82, 2.24) is 14.6 Å². The van der Waals surface area contributed by atoms with Crippen molar-refractivity contribution < 1.29 is 14.2 Å². The Balaban J connectivity index is 1.78. The summed E-state index contributed by atoms with van der Waals surface area (Å²) in [6.45, 7) is 0. The van der Waals surface area contributed by atoms with Gasteiger partial charge >= 0.3 is 0 Å². The van der Waals surface area contributed by atoms with Crippen molar-refractivity contribution in [3.05, 3.63) is 58.6 Å². The monoisotopic (exact) mass is 378 g/mol. The molecule has 0 aliphatic carbocycles. The standard InChI is InChI=1S/C20H18N4O4/c1-26-15-8-12(9-16(27-2)19(15)28-3)10-22-24-11-21-17-13-6-4-5-7-14(13)23-18(17)20(24)25/h4-11,23H,1-3H3. The minimum atomic E-state index is -0.287. The van der Waals surface area contributed by atoms with Gasteiger partial charge < -0.3 is 19.2 Å². The Hall–Kier alpha value is -3.81. The van der Waals surface area contributed by atoms with Crippen molar-refractivity contribution in [2.75, 3.05) is 21.3 Å². The third-order valence-corrected chi connectivity index (χ3v) is 4.42. The van der Waals surface area contributed by atoms with E-state index in [1.807, 2.05) is 24.3 Å². The Morgan fingerprint density at radius 1 is 1.07 bits per heavy atom. The molecule has 28 heavy (non-hydrogen) atoms. The molecule has 4 aromatic rings. The first-order valence-corrected chi connectivity index (χ1v) is 8.48. The number of methoxy groups -OCH3 is 3. The molecule has 0 unspecified atom stereocenters. The van der Waals surface area contributed by atoms with Crippen LogP contribution in [0.3, 0.4) is 0 Å². The minimum Gasteiger partial charge on any atom is -0.493 e. The molecule has 2 heterocycles. The molecule has 0 radical (unpaired) electrons. The second-order valence-corrected chi connectivity index (χ2v) is 5.99. The van der Waals surface area contributed by atoms with Gasteiger partial charge in [0, 0.05) is 16.5 Å². The van der Waals surface area contributed by atoms with Crippen LogP contribution in [0.1, 0.15) is 5.56 Å². The van der Waals surface area contributed by atoms with Gasteiger partial charge in [0.25, 0.3) is 5.56 Å². The van der Waals surface area contributed by atoms with Crippen LogP contribution in [-0.4, -0.2) is 42.2 Å². The van der Waals surface area contributed by atoms with E-state index in [2.05, 4.69) is 15.1 Å². The van der Waals surface area contributed by atoms with Gasteiger partial charge in [-0.15, -0.1) is 0 Å². The van der Waals surface area contributed by atoms with Crippen molar-refractivity contribution in [1.29, 1.82) is 0 Å². The number of ether oxygens (including phenoxy) is 3. The van der Waals surface area contributed by atoms with Gasteiger partial charge in [0.1, 0.15) is 17.4 Å². The molecule has 0 atom stereocenters. The van der Waals surface area contributed by atoms with Gasteiger partial charge in [-0.1, -0.05) is 18.2 Å². The predicted molar refractivity (Wildman–Crippen MR) is 107 cm³/mol. The van der Waals surface area contributed by atoms with Crippen LogP contribution in [0.25, 0.3) is 21.9 Å². The van der Waals surface area contributed by atoms with Crippen LogP contribution in [0.4, 0.5) is 0 Å². The number of H-pyrrole nitrogens is 1. The summed E-state index contributed by atoms with van der Waals surface area (Å²) in [6, 6.07) is 11.1. The van der Waals surface area contributed by atoms with Crippen LogP contribution >= 0.6 is 0 Å². The number of hydrogen-bond donors (Lipinski definition) is 1. The topological polar surface area (TPSA) is 90.7 Å². The van der Waals surface area contributed by atoms with Gasteiger partial charge in [-0.05, 0) is 18.2 Å². The maximum Gasteiger partial charge on any atom is 0.298 e. The molecular formula is C20H18N4O4. The average molecular weight is 378 g/mol. The summed E-state index contributed by atoms with van der Waals surface area (Å²) in [6.07, 6.45) is 2.93. The zero-order valence-electron chi connectivity index (χ0n) is 15.6. The first kappa shape index (κ1) is 17.6.